The Morgan fingerprint density at radius 1 is 1.00 bits per heavy atom. The SMILES string of the molecule is CCNC(C)(C)C(C)(C)CC. The van der Waals surface area contributed by atoms with Crippen molar-refractivity contribution in [3.05, 3.63) is 0 Å². The van der Waals surface area contributed by atoms with Gasteiger partial charge in [-0.25, -0.2) is 0 Å². The second-order valence-electron chi connectivity index (χ2n) is 4.39. The van der Waals surface area contributed by atoms with Crippen LogP contribution < -0.4 is 5.32 Å². The van der Waals surface area contributed by atoms with Crippen molar-refractivity contribution in [2.75, 3.05) is 6.54 Å². The highest BCUT2D eigenvalue weighted by atomic mass is 15.0. The van der Waals surface area contributed by atoms with Gasteiger partial charge in [-0.3, -0.25) is 0 Å². The Morgan fingerprint density at radius 2 is 1.45 bits per heavy atom. The van der Waals surface area contributed by atoms with Crippen LogP contribution in [0.1, 0.15) is 48.0 Å². The van der Waals surface area contributed by atoms with E-state index in [0.717, 1.165) is 6.54 Å². The summed E-state index contributed by atoms with van der Waals surface area (Å²) in [5.41, 5.74) is 0.625. The Morgan fingerprint density at radius 3 is 1.73 bits per heavy atom. The van der Waals surface area contributed by atoms with Crippen LogP contribution in [0, 0.1) is 5.41 Å². The Labute approximate surface area is 71.6 Å². The van der Waals surface area contributed by atoms with Gasteiger partial charge in [-0.15, -0.1) is 0 Å². The van der Waals surface area contributed by atoms with Crippen molar-refractivity contribution in [3.63, 3.8) is 0 Å². The first-order valence-corrected chi connectivity index (χ1v) is 4.62. The van der Waals surface area contributed by atoms with E-state index in [2.05, 4.69) is 46.9 Å². The zero-order valence-electron chi connectivity index (χ0n) is 8.91. The van der Waals surface area contributed by atoms with Crippen molar-refractivity contribution >= 4 is 0 Å². The van der Waals surface area contributed by atoms with Gasteiger partial charge in [0.2, 0.25) is 0 Å². The molecule has 0 bridgehead atoms. The standard InChI is InChI=1S/C10H23N/c1-7-9(3,4)10(5,6)11-8-2/h11H,7-8H2,1-6H3. The smallest absolute Gasteiger partial charge is 0.0175 e. The number of rotatable bonds is 4. The fourth-order valence-corrected chi connectivity index (χ4v) is 1.12. The van der Waals surface area contributed by atoms with Gasteiger partial charge in [0.05, 0.1) is 0 Å². The maximum absolute atomic E-state index is 3.51. The number of nitrogens with one attached hydrogen (secondary N) is 1. The van der Waals surface area contributed by atoms with Crippen molar-refractivity contribution in [3.8, 4) is 0 Å². The van der Waals surface area contributed by atoms with E-state index in [-0.39, 0.29) is 5.54 Å². The van der Waals surface area contributed by atoms with Gasteiger partial charge < -0.3 is 5.32 Å². The highest BCUT2D eigenvalue weighted by Gasteiger charge is 2.33. The molecular formula is C10H23N. The average Bonchev–Trinajstić information content (AvgIpc) is 1.87. The molecule has 1 heteroatoms. The van der Waals surface area contributed by atoms with Crippen LogP contribution in [0.25, 0.3) is 0 Å². The first kappa shape index (κ1) is 11.0. The topological polar surface area (TPSA) is 12.0 Å². The van der Waals surface area contributed by atoms with Crippen LogP contribution in [-0.4, -0.2) is 12.1 Å². The Bertz CT molecular complexity index is 114. The summed E-state index contributed by atoms with van der Waals surface area (Å²) in [7, 11) is 0. The molecule has 0 aliphatic heterocycles. The van der Waals surface area contributed by atoms with Gasteiger partial charge in [-0.2, -0.15) is 0 Å². The lowest BCUT2D eigenvalue weighted by Crippen LogP contribution is -2.50. The maximum atomic E-state index is 3.51. The number of hydrogen-bond acceptors (Lipinski definition) is 1. The van der Waals surface area contributed by atoms with Gasteiger partial charge in [-0.1, -0.05) is 27.7 Å². The molecule has 0 aliphatic rings. The van der Waals surface area contributed by atoms with E-state index in [1.54, 1.807) is 0 Å². The van der Waals surface area contributed by atoms with Crippen LogP contribution in [0.3, 0.4) is 0 Å². The van der Waals surface area contributed by atoms with E-state index in [0.29, 0.717) is 5.41 Å². The fraction of sp³-hybridized carbons (Fsp3) is 1.00. The maximum Gasteiger partial charge on any atom is 0.0175 e. The molecule has 0 aromatic rings. The summed E-state index contributed by atoms with van der Waals surface area (Å²) in [5.74, 6) is 0. The van der Waals surface area contributed by atoms with Crippen LogP contribution in [-0.2, 0) is 0 Å². The van der Waals surface area contributed by atoms with Crippen LogP contribution in [0.5, 0.6) is 0 Å². The molecule has 0 saturated carbocycles. The molecule has 1 nitrogen and oxygen atoms in total. The van der Waals surface area contributed by atoms with E-state index in [1.807, 2.05) is 0 Å². The molecule has 0 unspecified atom stereocenters. The minimum absolute atomic E-state index is 0.247. The lowest BCUT2D eigenvalue weighted by Gasteiger charge is -2.42. The van der Waals surface area contributed by atoms with Crippen LogP contribution in [0.2, 0.25) is 0 Å². The summed E-state index contributed by atoms with van der Waals surface area (Å²) in [6.07, 6.45) is 1.22. The summed E-state index contributed by atoms with van der Waals surface area (Å²) < 4.78 is 0. The van der Waals surface area contributed by atoms with Crippen molar-refractivity contribution in [2.24, 2.45) is 5.41 Å². The first-order chi connectivity index (χ1) is 4.87. The van der Waals surface area contributed by atoms with Crippen LogP contribution in [0.15, 0.2) is 0 Å². The molecule has 0 radical (unpaired) electrons. The molecule has 0 spiro atoms. The third-order valence-corrected chi connectivity index (χ3v) is 3.19. The van der Waals surface area contributed by atoms with E-state index in [4.69, 9.17) is 0 Å². The molecule has 0 aliphatic carbocycles. The van der Waals surface area contributed by atoms with E-state index < -0.39 is 0 Å². The van der Waals surface area contributed by atoms with Gasteiger partial charge in [0.15, 0.2) is 0 Å². The van der Waals surface area contributed by atoms with E-state index in [9.17, 15) is 0 Å². The molecule has 0 amide bonds. The predicted molar refractivity (Wildman–Crippen MR) is 51.8 cm³/mol. The second-order valence-corrected chi connectivity index (χ2v) is 4.39. The monoisotopic (exact) mass is 157 g/mol. The lowest BCUT2D eigenvalue weighted by molar-refractivity contribution is 0.151. The van der Waals surface area contributed by atoms with Crippen molar-refractivity contribution in [1.29, 1.82) is 0 Å². The zero-order valence-corrected chi connectivity index (χ0v) is 8.91. The van der Waals surface area contributed by atoms with Crippen LogP contribution >= 0.6 is 0 Å². The van der Waals surface area contributed by atoms with Gasteiger partial charge in [0.25, 0.3) is 0 Å². The van der Waals surface area contributed by atoms with Crippen molar-refractivity contribution < 1.29 is 0 Å². The van der Waals surface area contributed by atoms with E-state index in [1.165, 1.54) is 6.42 Å². The molecule has 11 heavy (non-hydrogen) atoms. The highest BCUT2D eigenvalue weighted by molar-refractivity contribution is 4.91. The van der Waals surface area contributed by atoms with Crippen molar-refractivity contribution in [2.45, 2.75) is 53.5 Å². The molecule has 0 rings (SSSR count). The first-order valence-electron chi connectivity index (χ1n) is 4.62. The normalized spacial score (nSPS) is 13.6. The molecule has 0 saturated heterocycles. The molecular weight excluding hydrogens is 134 g/mol. The largest absolute Gasteiger partial charge is 0.312 e. The molecule has 0 fully saturated rings. The number of hydrogen-bond donors (Lipinski definition) is 1. The Hall–Kier alpha value is -0.0400. The Balaban J connectivity index is 4.26. The molecule has 68 valence electrons. The summed E-state index contributed by atoms with van der Waals surface area (Å²) in [6.45, 7) is 14.6. The molecule has 0 atom stereocenters. The van der Waals surface area contributed by atoms with Gasteiger partial charge in [0.1, 0.15) is 0 Å². The second kappa shape index (κ2) is 3.57. The lowest BCUT2D eigenvalue weighted by atomic mass is 9.72. The summed E-state index contributed by atoms with van der Waals surface area (Å²) >= 11 is 0. The average molecular weight is 157 g/mol. The summed E-state index contributed by atoms with van der Waals surface area (Å²) in [6, 6.07) is 0. The molecule has 0 heterocycles. The summed E-state index contributed by atoms with van der Waals surface area (Å²) in [4.78, 5) is 0. The molecule has 1 N–H and O–H groups in total. The third-order valence-electron chi connectivity index (χ3n) is 3.19. The van der Waals surface area contributed by atoms with Gasteiger partial charge in [-0.05, 0) is 32.2 Å². The molecule has 0 aromatic carbocycles. The zero-order chi connectivity index (χ0) is 9.12. The van der Waals surface area contributed by atoms with Gasteiger partial charge in [0, 0.05) is 5.54 Å². The minimum atomic E-state index is 0.247. The minimum Gasteiger partial charge on any atom is -0.312 e. The molecule has 0 aromatic heterocycles. The summed E-state index contributed by atoms with van der Waals surface area (Å²) in [5, 5.41) is 3.51. The van der Waals surface area contributed by atoms with E-state index >= 15 is 0 Å². The van der Waals surface area contributed by atoms with Gasteiger partial charge >= 0.3 is 0 Å². The van der Waals surface area contributed by atoms with Crippen LogP contribution in [0.4, 0.5) is 0 Å². The predicted octanol–water partition coefficient (Wildman–Crippen LogP) is 2.81. The fourth-order valence-electron chi connectivity index (χ4n) is 1.12. The quantitative estimate of drug-likeness (QED) is 0.661. The highest BCUT2D eigenvalue weighted by Crippen LogP contribution is 2.33. The Kier molecular flexibility index (Phi) is 3.56. The third kappa shape index (κ3) is 2.48. The van der Waals surface area contributed by atoms with Crippen molar-refractivity contribution in [1.82, 2.24) is 5.32 Å².